The van der Waals surface area contributed by atoms with Crippen LogP contribution in [0.1, 0.15) is 12.0 Å². The van der Waals surface area contributed by atoms with Crippen molar-refractivity contribution in [2.45, 2.75) is 12.8 Å². The van der Waals surface area contributed by atoms with Crippen LogP contribution in [0.25, 0.3) is 0 Å². The molecule has 1 fully saturated rings. The third kappa shape index (κ3) is 5.00. The summed E-state index contributed by atoms with van der Waals surface area (Å²) in [5, 5.41) is 7.28. The first-order chi connectivity index (χ1) is 14.6. The van der Waals surface area contributed by atoms with Crippen molar-refractivity contribution in [3.63, 3.8) is 0 Å². The molecule has 0 atom stereocenters. The van der Waals surface area contributed by atoms with Crippen molar-refractivity contribution in [1.29, 1.82) is 0 Å². The van der Waals surface area contributed by atoms with Crippen LogP contribution in [0.2, 0.25) is 0 Å². The summed E-state index contributed by atoms with van der Waals surface area (Å²) in [5.74, 6) is 0.546. The van der Waals surface area contributed by atoms with Gasteiger partial charge in [-0.15, -0.1) is 24.0 Å². The molecule has 31 heavy (non-hydrogen) atoms. The Morgan fingerprint density at radius 2 is 2.03 bits per heavy atom. The smallest absolute Gasteiger partial charge is 0.246 e. The highest BCUT2D eigenvalue weighted by atomic mass is 127. The zero-order valence-electron chi connectivity index (χ0n) is 17.8. The lowest BCUT2D eigenvalue weighted by Crippen LogP contribution is -2.56. The first kappa shape index (κ1) is 23.0. The lowest BCUT2D eigenvalue weighted by atomic mass is 10.0. The quantitative estimate of drug-likeness (QED) is 0.362. The van der Waals surface area contributed by atoms with Gasteiger partial charge in [-0.3, -0.25) is 19.3 Å². The highest BCUT2D eigenvalue weighted by Crippen LogP contribution is 2.26. The van der Waals surface area contributed by atoms with Crippen LogP contribution in [-0.4, -0.2) is 72.2 Å². The molecule has 3 heterocycles. The molecule has 2 aliphatic rings. The SMILES string of the molecule is CN=C(NCC(=O)N1CCCc2ccccc21)N1CCN(c2cnn(C)c2)C(=O)C1.I. The number of carbonyl (C=O) groups is 2. The molecule has 2 amide bonds. The Bertz CT molecular complexity index is 974. The lowest BCUT2D eigenvalue weighted by Gasteiger charge is -2.35. The number of nitrogens with zero attached hydrogens (tertiary/aromatic N) is 6. The number of benzene rings is 1. The Balaban J connectivity index is 0.00000272. The van der Waals surface area contributed by atoms with Gasteiger partial charge in [0, 0.05) is 45.6 Å². The molecule has 2 aliphatic heterocycles. The molecule has 4 rings (SSSR count). The van der Waals surface area contributed by atoms with E-state index < -0.39 is 0 Å². The van der Waals surface area contributed by atoms with Crippen LogP contribution in [0.3, 0.4) is 0 Å². The van der Waals surface area contributed by atoms with Gasteiger partial charge in [-0.05, 0) is 24.5 Å². The van der Waals surface area contributed by atoms with Gasteiger partial charge in [-0.25, -0.2) is 0 Å². The molecule has 0 aliphatic carbocycles. The van der Waals surface area contributed by atoms with Crippen LogP contribution in [0.15, 0.2) is 41.7 Å². The van der Waals surface area contributed by atoms with Gasteiger partial charge in [0.25, 0.3) is 0 Å². The molecule has 0 spiro atoms. The van der Waals surface area contributed by atoms with E-state index in [2.05, 4.69) is 21.5 Å². The molecule has 0 unspecified atom stereocenters. The van der Waals surface area contributed by atoms with Gasteiger partial charge < -0.3 is 20.0 Å². The third-order valence-electron chi connectivity index (χ3n) is 5.54. The minimum atomic E-state index is -0.0199. The van der Waals surface area contributed by atoms with E-state index in [-0.39, 0.29) is 48.9 Å². The predicted molar refractivity (Wildman–Crippen MR) is 131 cm³/mol. The summed E-state index contributed by atoms with van der Waals surface area (Å²) in [4.78, 5) is 35.3. The number of carbonyl (C=O) groups excluding carboxylic acids is 2. The average molecular weight is 537 g/mol. The molecule has 166 valence electrons. The van der Waals surface area contributed by atoms with E-state index in [1.54, 1.807) is 22.8 Å². The molecular weight excluding hydrogens is 509 g/mol. The molecule has 0 saturated carbocycles. The van der Waals surface area contributed by atoms with Gasteiger partial charge in [0.15, 0.2) is 5.96 Å². The number of halogens is 1. The van der Waals surface area contributed by atoms with E-state index in [4.69, 9.17) is 0 Å². The van der Waals surface area contributed by atoms with Crippen LogP contribution in [0, 0.1) is 0 Å². The van der Waals surface area contributed by atoms with E-state index in [1.165, 1.54) is 5.56 Å². The summed E-state index contributed by atoms with van der Waals surface area (Å²) >= 11 is 0. The lowest BCUT2D eigenvalue weighted by molar-refractivity contribution is -0.120. The van der Waals surface area contributed by atoms with Crippen molar-refractivity contribution in [2.75, 3.05) is 49.6 Å². The van der Waals surface area contributed by atoms with E-state index in [0.717, 1.165) is 30.8 Å². The highest BCUT2D eigenvalue weighted by molar-refractivity contribution is 14.0. The fourth-order valence-corrected chi connectivity index (χ4v) is 4.05. The molecule has 1 aromatic carbocycles. The predicted octanol–water partition coefficient (Wildman–Crippen LogP) is 1.24. The zero-order valence-corrected chi connectivity index (χ0v) is 20.2. The molecule has 10 heteroatoms. The van der Waals surface area contributed by atoms with Crippen molar-refractivity contribution in [3.05, 3.63) is 42.2 Å². The number of nitrogens with one attached hydrogen (secondary N) is 1. The fraction of sp³-hybridized carbons (Fsp3) is 0.429. The summed E-state index contributed by atoms with van der Waals surface area (Å²) in [5.41, 5.74) is 2.99. The van der Waals surface area contributed by atoms with Gasteiger partial charge in [-0.2, -0.15) is 5.10 Å². The number of aryl methyl sites for hydroxylation is 2. The van der Waals surface area contributed by atoms with E-state index >= 15 is 0 Å². The Morgan fingerprint density at radius 3 is 2.74 bits per heavy atom. The van der Waals surface area contributed by atoms with Gasteiger partial charge in [0.05, 0.1) is 18.4 Å². The summed E-state index contributed by atoms with van der Waals surface area (Å²) in [6, 6.07) is 8.05. The summed E-state index contributed by atoms with van der Waals surface area (Å²) in [7, 11) is 3.49. The maximum absolute atomic E-state index is 12.9. The normalized spacial score (nSPS) is 16.6. The monoisotopic (exact) mass is 537 g/mol. The Morgan fingerprint density at radius 1 is 1.23 bits per heavy atom. The second-order valence-corrected chi connectivity index (χ2v) is 7.52. The van der Waals surface area contributed by atoms with Crippen molar-refractivity contribution in [1.82, 2.24) is 20.0 Å². The van der Waals surface area contributed by atoms with Crippen LogP contribution >= 0.6 is 24.0 Å². The first-order valence-electron chi connectivity index (χ1n) is 10.2. The number of amides is 2. The van der Waals surface area contributed by atoms with Crippen molar-refractivity contribution >= 4 is 53.1 Å². The van der Waals surface area contributed by atoms with Crippen LogP contribution < -0.4 is 15.1 Å². The van der Waals surface area contributed by atoms with Gasteiger partial charge in [0.2, 0.25) is 11.8 Å². The van der Waals surface area contributed by atoms with Crippen molar-refractivity contribution < 1.29 is 9.59 Å². The van der Waals surface area contributed by atoms with Crippen LogP contribution in [0.4, 0.5) is 11.4 Å². The molecule has 0 radical (unpaired) electrons. The molecule has 0 bridgehead atoms. The standard InChI is InChI=1S/C21H27N7O2.HI/c1-22-21(26-10-11-27(20(30)15-26)17-12-24-25(2)14-17)23-13-19(29)28-9-5-7-16-6-3-4-8-18(16)28;/h3-4,6,8,12,14H,5,7,9-11,13,15H2,1-2H3,(H,22,23);1H. The Labute approximate surface area is 199 Å². The summed E-state index contributed by atoms with van der Waals surface area (Å²) in [6.07, 6.45) is 5.48. The maximum Gasteiger partial charge on any atom is 0.246 e. The zero-order chi connectivity index (χ0) is 21.1. The molecule has 9 nitrogen and oxygen atoms in total. The number of para-hydroxylation sites is 1. The second kappa shape index (κ2) is 10.1. The number of aliphatic imine (C=N–C) groups is 1. The molecule has 2 aromatic rings. The van der Waals surface area contributed by atoms with E-state index in [0.29, 0.717) is 19.0 Å². The van der Waals surface area contributed by atoms with E-state index in [9.17, 15) is 9.59 Å². The topological polar surface area (TPSA) is 86.1 Å². The third-order valence-corrected chi connectivity index (χ3v) is 5.54. The molecule has 1 aromatic heterocycles. The second-order valence-electron chi connectivity index (χ2n) is 7.52. The van der Waals surface area contributed by atoms with Crippen LogP contribution in [0.5, 0.6) is 0 Å². The number of guanidine groups is 1. The van der Waals surface area contributed by atoms with Crippen molar-refractivity contribution in [3.8, 4) is 0 Å². The maximum atomic E-state index is 12.9. The number of rotatable bonds is 3. The van der Waals surface area contributed by atoms with E-state index in [1.807, 2.05) is 41.2 Å². The van der Waals surface area contributed by atoms with Crippen LogP contribution in [-0.2, 0) is 23.1 Å². The van der Waals surface area contributed by atoms with Crippen molar-refractivity contribution in [2.24, 2.45) is 12.0 Å². The fourth-order valence-electron chi connectivity index (χ4n) is 4.05. The molecular formula is C21H28IN7O2. The number of piperazine rings is 1. The van der Waals surface area contributed by atoms with Gasteiger partial charge in [0.1, 0.15) is 6.54 Å². The minimum Gasteiger partial charge on any atom is -0.347 e. The Kier molecular flexibility index (Phi) is 7.52. The highest BCUT2D eigenvalue weighted by Gasteiger charge is 2.28. The minimum absolute atomic E-state index is 0. The molecule has 1 saturated heterocycles. The van der Waals surface area contributed by atoms with Gasteiger partial charge >= 0.3 is 0 Å². The molecule has 1 N–H and O–H groups in total. The number of anilines is 2. The first-order valence-corrected chi connectivity index (χ1v) is 10.2. The Hall–Kier alpha value is -2.63. The number of fused-ring (bicyclic) bond motifs is 1. The number of aromatic nitrogens is 2. The largest absolute Gasteiger partial charge is 0.347 e. The summed E-state index contributed by atoms with van der Waals surface area (Å²) < 4.78 is 1.68. The number of hydrogen-bond donors (Lipinski definition) is 1. The average Bonchev–Trinajstić information content (AvgIpc) is 3.19. The number of hydrogen-bond acceptors (Lipinski definition) is 4. The van der Waals surface area contributed by atoms with Gasteiger partial charge in [-0.1, -0.05) is 18.2 Å². The summed E-state index contributed by atoms with van der Waals surface area (Å²) in [6.45, 7) is 2.23.